The van der Waals surface area contributed by atoms with Crippen molar-refractivity contribution in [1.82, 2.24) is 9.78 Å². The normalized spacial score (nSPS) is 10.7. The summed E-state index contributed by atoms with van der Waals surface area (Å²) in [6.45, 7) is 0.377. The summed E-state index contributed by atoms with van der Waals surface area (Å²) in [7, 11) is 3.47. The lowest BCUT2D eigenvalue weighted by atomic mass is 10.1. The molecule has 0 fully saturated rings. The van der Waals surface area contributed by atoms with Crippen LogP contribution in [0.15, 0.2) is 22.7 Å². The van der Waals surface area contributed by atoms with Crippen LogP contribution in [0.1, 0.15) is 5.69 Å². The zero-order valence-electron chi connectivity index (χ0n) is 10.1. The van der Waals surface area contributed by atoms with E-state index >= 15 is 0 Å². The number of methoxy groups -OCH3 is 1. The van der Waals surface area contributed by atoms with Crippen LogP contribution in [0.4, 0.5) is 0 Å². The number of aryl methyl sites for hydroxylation is 1. The number of hydrogen-bond donors (Lipinski definition) is 1. The monoisotopic (exact) mass is 329 g/mol. The fraction of sp³-hybridized carbons (Fsp3) is 0.250. The first kappa shape index (κ1) is 13.4. The second-order valence-corrected chi connectivity index (χ2v) is 4.98. The van der Waals surface area contributed by atoms with E-state index in [1.807, 2.05) is 19.2 Å². The zero-order chi connectivity index (χ0) is 13.3. The van der Waals surface area contributed by atoms with Crippen LogP contribution in [0.25, 0.3) is 11.3 Å². The molecule has 6 heteroatoms. The van der Waals surface area contributed by atoms with Crippen LogP contribution < -0.4 is 10.5 Å². The minimum atomic E-state index is 0.377. The molecular weight excluding hydrogens is 318 g/mol. The van der Waals surface area contributed by atoms with E-state index in [2.05, 4.69) is 21.0 Å². The van der Waals surface area contributed by atoms with E-state index in [1.165, 1.54) is 0 Å². The third kappa shape index (κ3) is 2.25. The maximum absolute atomic E-state index is 6.27. The van der Waals surface area contributed by atoms with Crippen molar-refractivity contribution in [2.45, 2.75) is 6.54 Å². The molecule has 0 saturated carbocycles. The second kappa shape index (κ2) is 5.30. The molecule has 0 spiro atoms. The number of ether oxygens (including phenoxy) is 1. The summed E-state index contributed by atoms with van der Waals surface area (Å²) < 4.78 is 7.77. The molecule has 2 N–H and O–H groups in total. The van der Waals surface area contributed by atoms with Crippen LogP contribution >= 0.6 is 27.5 Å². The lowest BCUT2D eigenvalue weighted by Crippen LogP contribution is -1.99. The molecule has 4 nitrogen and oxygen atoms in total. The number of nitrogens with zero attached hydrogens (tertiary/aromatic N) is 2. The Hall–Kier alpha value is -1.04. The van der Waals surface area contributed by atoms with E-state index in [1.54, 1.807) is 17.9 Å². The Balaban J connectivity index is 2.58. The highest BCUT2D eigenvalue weighted by atomic mass is 79.9. The van der Waals surface area contributed by atoms with Crippen molar-refractivity contribution in [2.24, 2.45) is 12.8 Å². The maximum atomic E-state index is 6.27. The summed E-state index contributed by atoms with van der Waals surface area (Å²) in [4.78, 5) is 0. The van der Waals surface area contributed by atoms with Crippen molar-refractivity contribution in [3.05, 3.63) is 33.4 Å². The second-order valence-electron chi connectivity index (χ2n) is 3.78. The molecule has 1 aromatic carbocycles. The van der Waals surface area contributed by atoms with Crippen LogP contribution in [0, 0.1) is 0 Å². The molecule has 0 radical (unpaired) electrons. The number of rotatable bonds is 3. The first-order chi connectivity index (χ1) is 8.58. The van der Waals surface area contributed by atoms with Gasteiger partial charge in [-0.3, -0.25) is 4.68 Å². The van der Waals surface area contributed by atoms with Crippen molar-refractivity contribution in [3.8, 4) is 17.0 Å². The molecular formula is C12H13BrClN3O. The third-order valence-corrected chi connectivity index (χ3v) is 3.83. The molecule has 0 amide bonds. The first-order valence-electron chi connectivity index (χ1n) is 5.33. The number of hydrogen-bond acceptors (Lipinski definition) is 3. The lowest BCUT2D eigenvalue weighted by Gasteiger charge is -2.07. The fourth-order valence-corrected chi connectivity index (χ4v) is 2.76. The molecule has 2 rings (SSSR count). The van der Waals surface area contributed by atoms with Crippen molar-refractivity contribution in [1.29, 1.82) is 0 Å². The van der Waals surface area contributed by atoms with Gasteiger partial charge >= 0.3 is 0 Å². The molecule has 0 unspecified atom stereocenters. The fourth-order valence-electron chi connectivity index (χ4n) is 1.79. The van der Waals surface area contributed by atoms with Gasteiger partial charge in [-0.1, -0.05) is 11.6 Å². The van der Waals surface area contributed by atoms with E-state index < -0.39 is 0 Å². The SMILES string of the molecule is COc1ccc(-c2c(Br)c(CN)nn2C)c(Cl)c1. The van der Waals surface area contributed by atoms with Gasteiger partial charge in [0, 0.05) is 19.2 Å². The van der Waals surface area contributed by atoms with Gasteiger partial charge in [0.2, 0.25) is 0 Å². The van der Waals surface area contributed by atoms with Crippen molar-refractivity contribution in [3.63, 3.8) is 0 Å². The number of aromatic nitrogens is 2. The molecule has 1 aromatic heterocycles. The minimum absolute atomic E-state index is 0.377. The van der Waals surface area contributed by atoms with Gasteiger partial charge in [0.25, 0.3) is 0 Å². The van der Waals surface area contributed by atoms with Gasteiger partial charge in [-0.15, -0.1) is 0 Å². The van der Waals surface area contributed by atoms with E-state index in [0.29, 0.717) is 11.6 Å². The molecule has 18 heavy (non-hydrogen) atoms. The Bertz CT molecular complexity index is 583. The molecule has 2 aromatic rings. The first-order valence-corrected chi connectivity index (χ1v) is 6.51. The van der Waals surface area contributed by atoms with Crippen molar-refractivity contribution in [2.75, 3.05) is 7.11 Å². The summed E-state index contributed by atoms with van der Waals surface area (Å²) >= 11 is 9.78. The maximum Gasteiger partial charge on any atom is 0.120 e. The van der Waals surface area contributed by atoms with Gasteiger partial charge < -0.3 is 10.5 Å². The van der Waals surface area contributed by atoms with Gasteiger partial charge in [0.15, 0.2) is 0 Å². The van der Waals surface area contributed by atoms with Gasteiger partial charge in [0.05, 0.1) is 28.0 Å². The Labute approximate surface area is 119 Å². The molecule has 0 aliphatic carbocycles. The van der Waals surface area contributed by atoms with Crippen molar-refractivity contribution >= 4 is 27.5 Å². The molecule has 0 atom stereocenters. The van der Waals surface area contributed by atoms with Gasteiger partial charge in [-0.05, 0) is 34.1 Å². The highest BCUT2D eigenvalue weighted by Crippen LogP contribution is 2.36. The van der Waals surface area contributed by atoms with E-state index in [4.69, 9.17) is 22.1 Å². The van der Waals surface area contributed by atoms with Crippen LogP contribution in [-0.2, 0) is 13.6 Å². The van der Waals surface area contributed by atoms with E-state index in [-0.39, 0.29) is 0 Å². The Morgan fingerprint density at radius 3 is 2.72 bits per heavy atom. The molecule has 0 bridgehead atoms. The predicted octanol–water partition coefficient (Wildman–Crippen LogP) is 2.97. The standard InChI is InChI=1S/C12H13BrClN3O/c1-17-12(11(13)10(6-15)16-17)8-4-3-7(18-2)5-9(8)14/h3-5H,6,15H2,1-2H3. The highest BCUT2D eigenvalue weighted by molar-refractivity contribution is 9.10. The number of halogens is 2. The average molecular weight is 331 g/mol. The lowest BCUT2D eigenvalue weighted by molar-refractivity contribution is 0.415. The Kier molecular flexibility index (Phi) is 3.94. The Morgan fingerprint density at radius 2 is 2.22 bits per heavy atom. The summed E-state index contributed by atoms with van der Waals surface area (Å²) in [6.07, 6.45) is 0. The topological polar surface area (TPSA) is 53.1 Å². The average Bonchev–Trinajstić information content (AvgIpc) is 2.64. The third-order valence-electron chi connectivity index (χ3n) is 2.68. The van der Waals surface area contributed by atoms with Crippen LogP contribution in [-0.4, -0.2) is 16.9 Å². The van der Waals surface area contributed by atoms with E-state index in [9.17, 15) is 0 Å². The molecule has 0 aliphatic rings. The smallest absolute Gasteiger partial charge is 0.120 e. The van der Waals surface area contributed by atoms with Crippen LogP contribution in [0.5, 0.6) is 5.75 Å². The molecule has 0 aliphatic heterocycles. The largest absolute Gasteiger partial charge is 0.497 e. The Morgan fingerprint density at radius 1 is 1.50 bits per heavy atom. The van der Waals surface area contributed by atoms with Crippen LogP contribution in [0.3, 0.4) is 0 Å². The number of benzene rings is 1. The summed E-state index contributed by atoms with van der Waals surface area (Å²) in [5.41, 5.74) is 8.23. The predicted molar refractivity (Wildman–Crippen MR) is 75.8 cm³/mol. The zero-order valence-corrected chi connectivity index (χ0v) is 12.4. The van der Waals surface area contributed by atoms with Gasteiger partial charge in [-0.25, -0.2) is 0 Å². The van der Waals surface area contributed by atoms with Gasteiger partial charge in [-0.2, -0.15) is 5.10 Å². The molecule has 1 heterocycles. The summed E-state index contributed by atoms with van der Waals surface area (Å²) in [6, 6.07) is 5.55. The highest BCUT2D eigenvalue weighted by Gasteiger charge is 2.17. The summed E-state index contributed by atoms with van der Waals surface area (Å²) in [5.74, 6) is 0.723. The van der Waals surface area contributed by atoms with Gasteiger partial charge in [0.1, 0.15) is 5.75 Å². The minimum Gasteiger partial charge on any atom is -0.497 e. The van der Waals surface area contributed by atoms with Crippen molar-refractivity contribution < 1.29 is 4.74 Å². The van der Waals surface area contributed by atoms with E-state index in [0.717, 1.165) is 27.2 Å². The molecule has 0 saturated heterocycles. The quantitative estimate of drug-likeness (QED) is 0.941. The van der Waals surface area contributed by atoms with Crippen LogP contribution in [0.2, 0.25) is 5.02 Å². The summed E-state index contributed by atoms with van der Waals surface area (Å²) in [5, 5.41) is 4.96. The number of nitrogens with two attached hydrogens (primary N) is 1. The molecule has 96 valence electrons.